The van der Waals surface area contributed by atoms with Gasteiger partial charge < -0.3 is 5.32 Å². The summed E-state index contributed by atoms with van der Waals surface area (Å²) in [6.45, 7) is 2.04. The molecule has 0 unspecified atom stereocenters. The Kier molecular flexibility index (Phi) is 2.71. The zero-order valence-electron chi connectivity index (χ0n) is 5.65. The summed E-state index contributed by atoms with van der Waals surface area (Å²) >= 11 is 0. The first kappa shape index (κ1) is 6.75. The van der Waals surface area contributed by atoms with Gasteiger partial charge in [0.1, 0.15) is 5.78 Å². The van der Waals surface area contributed by atoms with Crippen molar-refractivity contribution in [1.29, 1.82) is 0 Å². The Hall–Kier alpha value is -0.370. The summed E-state index contributed by atoms with van der Waals surface area (Å²) in [5, 5.41) is 3.26. The first-order valence-electron chi connectivity index (χ1n) is 3.62. The van der Waals surface area contributed by atoms with E-state index in [-0.39, 0.29) is 0 Å². The van der Waals surface area contributed by atoms with Crippen LogP contribution in [0, 0.1) is 0 Å². The maximum absolute atomic E-state index is 10.8. The number of rotatable bonds is 0. The highest BCUT2D eigenvalue weighted by Crippen LogP contribution is 2.00. The van der Waals surface area contributed by atoms with Crippen LogP contribution in [0.1, 0.15) is 25.7 Å². The first-order chi connectivity index (χ1) is 4.39. The van der Waals surface area contributed by atoms with Crippen molar-refractivity contribution in [1.82, 2.24) is 5.32 Å². The van der Waals surface area contributed by atoms with Crippen molar-refractivity contribution in [3.63, 3.8) is 0 Å². The Bertz CT molecular complexity index is 91.1. The van der Waals surface area contributed by atoms with E-state index in [2.05, 4.69) is 5.32 Å². The van der Waals surface area contributed by atoms with E-state index >= 15 is 0 Å². The largest absolute Gasteiger partial charge is 0.317 e. The molecule has 0 atom stereocenters. The number of ketones is 1. The molecule has 0 spiro atoms. The third-order valence-electron chi connectivity index (χ3n) is 1.62. The smallest absolute Gasteiger partial charge is 0.133 e. The molecule has 0 saturated carbocycles. The number of Topliss-reactive ketones (excluding diaryl/α,β-unsaturated/α-hetero) is 1. The van der Waals surface area contributed by atoms with Crippen LogP contribution in [0.25, 0.3) is 0 Å². The molecule has 1 rings (SSSR count). The molecule has 0 amide bonds. The minimum absolute atomic E-state index is 0.441. The molecule has 52 valence electrons. The van der Waals surface area contributed by atoms with E-state index in [1.165, 1.54) is 0 Å². The van der Waals surface area contributed by atoms with Gasteiger partial charge in [0.2, 0.25) is 0 Å². The Morgan fingerprint density at radius 2 is 1.67 bits per heavy atom. The fraction of sp³-hybridized carbons (Fsp3) is 0.857. The van der Waals surface area contributed by atoms with Crippen molar-refractivity contribution in [2.75, 3.05) is 13.1 Å². The number of hydrogen-bond acceptors (Lipinski definition) is 2. The first-order valence-corrected chi connectivity index (χ1v) is 3.62. The topological polar surface area (TPSA) is 29.1 Å². The molecular formula is C7H13NO. The van der Waals surface area contributed by atoms with Crippen LogP contribution in [0.4, 0.5) is 0 Å². The molecule has 0 aromatic carbocycles. The van der Waals surface area contributed by atoms with Crippen molar-refractivity contribution in [3.05, 3.63) is 0 Å². The van der Waals surface area contributed by atoms with Gasteiger partial charge in [0.05, 0.1) is 0 Å². The highest BCUT2D eigenvalue weighted by atomic mass is 16.1. The molecule has 1 aliphatic heterocycles. The van der Waals surface area contributed by atoms with E-state index < -0.39 is 0 Å². The molecule has 0 aromatic rings. The molecule has 1 N–H and O–H groups in total. The zero-order chi connectivity index (χ0) is 6.53. The van der Waals surface area contributed by atoms with E-state index in [4.69, 9.17) is 0 Å². The number of hydrogen-bond donors (Lipinski definition) is 1. The minimum atomic E-state index is 0.441. The summed E-state index contributed by atoms with van der Waals surface area (Å²) < 4.78 is 0. The van der Waals surface area contributed by atoms with Crippen LogP contribution in [0.5, 0.6) is 0 Å². The summed E-state index contributed by atoms with van der Waals surface area (Å²) in [7, 11) is 0. The highest BCUT2D eigenvalue weighted by molar-refractivity contribution is 5.78. The van der Waals surface area contributed by atoms with Crippen LogP contribution in [-0.2, 0) is 4.79 Å². The van der Waals surface area contributed by atoms with Gasteiger partial charge in [-0.15, -0.1) is 0 Å². The second kappa shape index (κ2) is 3.62. The Labute approximate surface area is 55.6 Å². The van der Waals surface area contributed by atoms with E-state index in [0.29, 0.717) is 5.78 Å². The predicted molar refractivity (Wildman–Crippen MR) is 36.3 cm³/mol. The molecule has 2 nitrogen and oxygen atoms in total. The van der Waals surface area contributed by atoms with Crippen LogP contribution in [0.3, 0.4) is 0 Å². The van der Waals surface area contributed by atoms with Gasteiger partial charge in [0.25, 0.3) is 0 Å². The van der Waals surface area contributed by atoms with Gasteiger partial charge in [0.15, 0.2) is 0 Å². The Morgan fingerprint density at radius 1 is 1.11 bits per heavy atom. The van der Waals surface area contributed by atoms with Crippen LogP contribution in [0.2, 0.25) is 0 Å². The van der Waals surface area contributed by atoms with Gasteiger partial charge in [-0.2, -0.15) is 0 Å². The molecule has 0 radical (unpaired) electrons. The lowest BCUT2D eigenvalue weighted by Crippen LogP contribution is -2.21. The Balaban J connectivity index is 2.20. The maximum Gasteiger partial charge on any atom is 0.133 e. The van der Waals surface area contributed by atoms with Gasteiger partial charge >= 0.3 is 0 Å². The average molecular weight is 127 g/mol. The molecule has 0 bridgehead atoms. The van der Waals surface area contributed by atoms with E-state index in [1.807, 2.05) is 0 Å². The van der Waals surface area contributed by atoms with Crippen molar-refractivity contribution < 1.29 is 4.79 Å². The third-order valence-corrected chi connectivity index (χ3v) is 1.62. The van der Waals surface area contributed by atoms with Gasteiger partial charge in [-0.3, -0.25) is 4.79 Å². The van der Waals surface area contributed by atoms with E-state index in [0.717, 1.165) is 38.8 Å². The lowest BCUT2D eigenvalue weighted by molar-refractivity contribution is -0.119. The normalized spacial score (nSPS) is 22.9. The van der Waals surface area contributed by atoms with Crippen LogP contribution < -0.4 is 5.32 Å². The van der Waals surface area contributed by atoms with Crippen LogP contribution >= 0.6 is 0 Å². The average Bonchev–Trinajstić information content (AvgIpc) is 1.79. The van der Waals surface area contributed by atoms with Crippen molar-refractivity contribution in [2.24, 2.45) is 0 Å². The molecule has 2 heteroatoms. The molecule has 9 heavy (non-hydrogen) atoms. The highest BCUT2D eigenvalue weighted by Gasteiger charge is 2.03. The number of carbonyl (C=O) groups is 1. The fourth-order valence-corrected chi connectivity index (χ4v) is 1.07. The van der Waals surface area contributed by atoms with E-state index in [1.54, 1.807) is 0 Å². The molecule has 1 fully saturated rings. The third kappa shape index (κ3) is 2.61. The minimum Gasteiger partial charge on any atom is -0.317 e. The summed E-state index contributed by atoms with van der Waals surface area (Å²) in [5.41, 5.74) is 0. The number of carbonyl (C=O) groups excluding carboxylic acids is 1. The maximum atomic E-state index is 10.8. The lowest BCUT2D eigenvalue weighted by Gasteiger charge is -2.07. The molecule has 1 heterocycles. The SMILES string of the molecule is O=C1CCCNCCC1. The number of nitrogens with one attached hydrogen (secondary N) is 1. The fourth-order valence-electron chi connectivity index (χ4n) is 1.07. The van der Waals surface area contributed by atoms with Gasteiger partial charge in [0, 0.05) is 12.8 Å². The van der Waals surface area contributed by atoms with Crippen molar-refractivity contribution in [2.45, 2.75) is 25.7 Å². The standard InChI is InChI=1S/C7H13NO/c9-7-3-1-5-8-6-2-4-7/h8H,1-6H2. The monoisotopic (exact) mass is 127 g/mol. The second-order valence-electron chi connectivity index (χ2n) is 2.50. The van der Waals surface area contributed by atoms with Crippen molar-refractivity contribution >= 4 is 5.78 Å². The molecule has 1 saturated heterocycles. The zero-order valence-corrected chi connectivity index (χ0v) is 5.65. The molecular weight excluding hydrogens is 114 g/mol. The van der Waals surface area contributed by atoms with Gasteiger partial charge in [-0.05, 0) is 25.9 Å². The summed E-state index contributed by atoms with van der Waals surface area (Å²) in [4.78, 5) is 10.8. The quantitative estimate of drug-likeness (QED) is 0.519. The predicted octanol–water partition coefficient (Wildman–Crippen LogP) is 0.719. The van der Waals surface area contributed by atoms with Crippen LogP contribution in [0.15, 0.2) is 0 Å². The molecule has 0 aromatic heterocycles. The molecule has 0 aliphatic carbocycles. The van der Waals surface area contributed by atoms with Gasteiger partial charge in [-0.1, -0.05) is 0 Å². The lowest BCUT2D eigenvalue weighted by atomic mass is 10.1. The summed E-state index contributed by atoms with van der Waals surface area (Å²) in [6, 6.07) is 0. The molecule has 1 aliphatic rings. The Morgan fingerprint density at radius 3 is 2.22 bits per heavy atom. The second-order valence-corrected chi connectivity index (χ2v) is 2.50. The van der Waals surface area contributed by atoms with E-state index in [9.17, 15) is 4.79 Å². The summed E-state index contributed by atoms with van der Waals surface area (Å²) in [6.07, 6.45) is 3.62. The summed E-state index contributed by atoms with van der Waals surface area (Å²) in [5.74, 6) is 0.441. The van der Waals surface area contributed by atoms with Gasteiger partial charge in [-0.25, -0.2) is 0 Å². The van der Waals surface area contributed by atoms with Crippen molar-refractivity contribution in [3.8, 4) is 0 Å². The van der Waals surface area contributed by atoms with Crippen LogP contribution in [-0.4, -0.2) is 18.9 Å².